The molecule has 3 amide bonds. The molecule has 2 aromatic rings. The van der Waals surface area contributed by atoms with Crippen molar-refractivity contribution in [1.29, 1.82) is 0 Å². The average molecular weight is 399 g/mol. The van der Waals surface area contributed by atoms with E-state index in [4.69, 9.17) is 4.42 Å². The van der Waals surface area contributed by atoms with Crippen LogP contribution < -0.4 is 15.5 Å². The molecular weight excluding hydrogens is 368 g/mol. The number of rotatable bonds is 8. The number of benzene rings is 1. The molecule has 2 N–H and O–H groups in total. The number of urea groups is 1. The van der Waals surface area contributed by atoms with Crippen LogP contribution in [0.2, 0.25) is 0 Å². The van der Waals surface area contributed by atoms with Crippen LogP contribution in [0.3, 0.4) is 0 Å². The summed E-state index contributed by atoms with van der Waals surface area (Å²) < 4.78 is 5.46. The van der Waals surface area contributed by atoms with E-state index in [1.165, 1.54) is 0 Å². The van der Waals surface area contributed by atoms with Crippen molar-refractivity contribution in [1.82, 2.24) is 10.2 Å². The molecule has 7 nitrogen and oxygen atoms in total. The second-order valence-corrected chi connectivity index (χ2v) is 8.04. The zero-order valence-electron chi connectivity index (χ0n) is 17.6. The summed E-state index contributed by atoms with van der Waals surface area (Å²) in [4.78, 5) is 28.7. The second kappa shape index (κ2) is 9.03. The van der Waals surface area contributed by atoms with Crippen molar-refractivity contribution in [2.45, 2.75) is 45.8 Å². The predicted octanol–water partition coefficient (Wildman–Crippen LogP) is 3.81. The fourth-order valence-electron chi connectivity index (χ4n) is 3.15. The Balaban J connectivity index is 1.84. The molecular formula is C22H30N4O3. The van der Waals surface area contributed by atoms with Crippen molar-refractivity contribution in [3.05, 3.63) is 47.9 Å². The van der Waals surface area contributed by atoms with Gasteiger partial charge in [-0.25, -0.2) is 4.79 Å². The molecule has 7 heteroatoms. The number of nitrogens with one attached hydrogen (secondary N) is 2. The molecule has 0 unspecified atom stereocenters. The van der Waals surface area contributed by atoms with Gasteiger partial charge in [0.2, 0.25) is 5.91 Å². The van der Waals surface area contributed by atoms with E-state index in [1.54, 1.807) is 11.2 Å². The number of carbonyl (C=O) groups excluding carboxylic acids is 2. The first-order valence-electron chi connectivity index (χ1n) is 10.0. The van der Waals surface area contributed by atoms with E-state index in [1.807, 2.05) is 63.2 Å². The summed E-state index contributed by atoms with van der Waals surface area (Å²) in [5, 5.41) is 5.95. The number of hydrogen-bond acceptors (Lipinski definition) is 4. The van der Waals surface area contributed by atoms with Gasteiger partial charge in [0, 0.05) is 37.4 Å². The van der Waals surface area contributed by atoms with Gasteiger partial charge in [0.15, 0.2) is 0 Å². The minimum Gasteiger partial charge on any atom is -0.467 e. The highest BCUT2D eigenvalue weighted by atomic mass is 16.3. The first-order valence-corrected chi connectivity index (χ1v) is 10.0. The monoisotopic (exact) mass is 398 g/mol. The lowest BCUT2D eigenvalue weighted by atomic mass is 10.1. The van der Waals surface area contributed by atoms with E-state index in [0.29, 0.717) is 18.8 Å². The summed E-state index contributed by atoms with van der Waals surface area (Å²) in [6.45, 7) is 4.61. The molecule has 1 aromatic heterocycles. The Bertz CT molecular complexity index is 842. The van der Waals surface area contributed by atoms with Crippen molar-refractivity contribution in [3.8, 4) is 0 Å². The van der Waals surface area contributed by atoms with Crippen molar-refractivity contribution < 1.29 is 14.0 Å². The van der Waals surface area contributed by atoms with Gasteiger partial charge in [0.25, 0.3) is 0 Å². The fraction of sp³-hybridized carbons (Fsp3) is 0.455. The maximum Gasteiger partial charge on any atom is 0.318 e. The number of amides is 3. The van der Waals surface area contributed by atoms with Crippen LogP contribution in [0.25, 0.3) is 0 Å². The summed E-state index contributed by atoms with van der Waals surface area (Å²) in [6.07, 6.45) is 3.52. The van der Waals surface area contributed by atoms with Gasteiger partial charge in [-0.1, -0.05) is 0 Å². The largest absolute Gasteiger partial charge is 0.467 e. The minimum absolute atomic E-state index is 0.0269. The first kappa shape index (κ1) is 20.8. The van der Waals surface area contributed by atoms with Gasteiger partial charge >= 0.3 is 6.03 Å². The Morgan fingerprint density at radius 1 is 1.17 bits per heavy atom. The highest BCUT2D eigenvalue weighted by Crippen LogP contribution is 2.31. The molecule has 1 aromatic carbocycles. The van der Waals surface area contributed by atoms with Crippen LogP contribution in [0.15, 0.2) is 41.0 Å². The van der Waals surface area contributed by atoms with E-state index in [2.05, 4.69) is 10.6 Å². The highest BCUT2D eigenvalue weighted by molar-refractivity contribution is 5.94. The van der Waals surface area contributed by atoms with E-state index < -0.39 is 0 Å². The van der Waals surface area contributed by atoms with Crippen LogP contribution in [0.5, 0.6) is 0 Å². The van der Waals surface area contributed by atoms with Crippen molar-refractivity contribution >= 4 is 23.3 Å². The number of furan rings is 1. The summed E-state index contributed by atoms with van der Waals surface area (Å²) >= 11 is 0. The lowest BCUT2D eigenvalue weighted by molar-refractivity contribution is -0.117. The number of hydrogen-bond donors (Lipinski definition) is 2. The SMILES string of the molecule is CC(C)NC(=O)N(Cc1ccco1)Cc1cc(NC(=O)C2CC2)ccc1N(C)C. The Kier molecular flexibility index (Phi) is 6.46. The molecule has 29 heavy (non-hydrogen) atoms. The summed E-state index contributed by atoms with van der Waals surface area (Å²) in [6, 6.07) is 9.37. The van der Waals surface area contributed by atoms with Crippen molar-refractivity contribution in [2.75, 3.05) is 24.3 Å². The van der Waals surface area contributed by atoms with Crippen LogP contribution in [0.4, 0.5) is 16.2 Å². The Labute approximate surface area is 172 Å². The normalized spacial score (nSPS) is 13.3. The van der Waals surface area contributed by atoms with Gasteiger partial charge in [-0.2, -0.15) is 0 Å². The number of anilines is 2. The van der Waals surface area contributed by atoms with Crippen molar-refractivity contribution in [3.63, 3.8) is 0 Å². The van der Waals surface area contributed by atoms with Gasteiger partial charge in [-0.05, 0) is 62.6 Å². The topological polar surface area (TPSA) is 77.8 Å². The van der Waals surface area contributed by atoms with Crippen LogP contribution in [-0.2, 0) is 17.9 Å². The standard InChI is InChI=1S/C22H30N4O3/c1-15(2)23-22(28)26(14-19-6-5-11-29-19)13-17-12-18(9-10-20(17)25(3)4)24-21(27)16-7-8-16/h5-6,9-12,15-16H,7-8,13-14H2,1-4H3,(H,23,28)(H,24,27). The summed E-state index contributed by atoms with van der Waals surface area (Å²) in [5.41, 5.74) is 2.70. The zero-order chi connectivity index (χ0) is 21.0. The number of nitrogens with zero attached hydrogens (tertiary/aromatic N) is 2. The predicted molar refractivity (Wildman–Crippen MR) is 114 cm³/mol. The third-order valence-electron chi connectivity index (χ3n) is 4.76. The highest BCUT2D eigenvalue weighted by Gasteiger charge is 2.29. The molecule has 0 saturated heterocycles. The Hall–Kier alpha value is -2.96. The van der Waals surface area contributed by atoms with Gasteiger partial charge in [-0.15, -0.1) is 0 Å². The maximum atomic E-state index is 12.8. The number of carbonyl (C=O) groups is 2. The quantitative estimate of drug-likeness (QED) is 0.709. The molecule has 1 heterocycles. The maximum absolute atomic E-state index is 12.8. The fourth-order valence-corrected chi connectivity index (χ4v) is 3.15. The molecule has 156 valence electrons. The molecule has 1 aliphatic carbocycles. The van der Waals surface area contributed by atoms with Gasteiger partial charge in [0.1, 0.15) is 5.76 Å². The first-order chi connectivity index (χ1) is 13.8. The van der Waals surface area contributed by atoms with Crippen LogP contribution >= 0.6 is 0 Å². The van der Waals surface area contributed by atoms with E-state index >= 15 is 0 Å². The Morgan fingerprint density at radius 3 is 2.52 bits per heavy atom. The second-order valence-electron chi connectivity index (χ2n) is 8.04. The molecule has 3 rings (SSSR count). The van der Waals surface area contributed by atoms with Crippen LogP contribution in [0.1, 0.15) is 38.0 Å². The van der Waals surface area contributed by atoms with Gasteiger partial charge in [-0.3, -0.25) is 4.79 Å². The molecule has 1 fully saturated rings. The van der Waals surface area contributed by atoms with Crippen molar-refractivity contribution in [2.24, 2.45) is 5.92 Å². The van der Waals surface area contributed by atoms with E-state index in [-0.39, 0.29) is 23.9 Å². The van der Waals surface area contributed by atoms with E-state index in [0.717, 1.165) is 29.8 Å². The molecule has 0 radical (unpaired) electrons. The summed E-state index contributed by atoms with van der Waals surface area (Å²) in [7, 11) is 3.93. The average Bonchev–Trinajstić information content (AvgIpc) is 3.38. The third-order valence-corrected chi connectivity index (χ3v) is 4.76. The van der Waals surface area contributed by atoms with Crippen LogP contribution in [-0.4, -0.2) is 37.0 Å². The molecule has 1 saturated carbocycles. The molecule has 0 atom stereocenters. The van der Waals surface area contributed by atoms with E-state index in [9.17, 15) is 9.59 Å². The molecule has 0 bridgehead atoms. The minimum atomic E-state index is -0.159. The third kappa shape index (κ3) is 5.76. The molecule has 1 aliphatic rings. The van der Waals surface area contributed by atoms with Gasteiger partial charge < -0.3 is 24.9 Å². The van der Waals surface area contributed by atoms with Gasteiger partial charge in [0.05, 0.1) is 19.4 Å². The smallest absolute Gasteiger partial charge is 0.318 e. The molecule has 0 aliphatic heterocycles. The van der Waals surface area contributed by atoms with Crippen LogP contribution in [0, 0.1) is 5.92 Å². The summed E-state index contributed by atoms with van der Waals surface area (Å²) in [5.74, 6) is 0.922. The lowest BCUT2D eigenvalue weighted by Crippen LogP contribution is -2.42. The molecule has 0 spiro atoms. The zero-order valence-corrected chi connectivity index (χ0v) is 17.6. The Morgan fingerprint density at radius 2 is 1.93 bits per heavy atom. The lowest BCUT2D eigenvalue weighted by Gasteiger charge is -2.26.